The number of nitrogens with zero attached hydrogens (tertiary/aromatic N) is 2. The highest BCUT2D eigenvalue weighted by Gasteiger charge is 2.39. The molecule has 2 aliphatic heterocycles. The topological polar surface area (TPSA) is 127 Å². The minimum absolute atomic E-state index is 0.221. The van der Waals surface area contributed by atoms with Crippen molar-refractivity contribution in [3.05, 3.63) is 64.8 Å². The summed E-state index contributed by atoms with van der Waals surface area (Å²) in [6, 6.07) is 12.9. The van der Waals surface area contributed by atoms with Gasteiger partial charge in [0, 0.05) is 36.2 Å². The lowest BCUT2D eigenvalue weighted by Gasteiger charge is -2.28. The van der Waals surface area contributed by atoms with Crippen LogP contribution in [0.1, 0.15) is 35.2 Å². The van der Waals surface area contributed by atoms with Crippen LogP contribution in [0.4, 0.5) is 10.5 Å². The van der Waals surface area contributed by atoms with Crippen LogP contribution < -0.4 is 16.4 Å². The van der Waals surface area contributed by atoms with Crippen LogP contribution in [0.15, 0.2) is 42.5 Å². The number of nitrogens with two attached hydrogens (primary N) is 1. The van der Waals surface area contributed by atoms with Crippen LogP contribution in [0, 0.1) is 12.8 Å². The first-order chi connectivity index (χ1) is 17.2. The second-order valence-corrected chi connectivity index (χ2v) is 9.65. The molecule has 3 aromatic rings. The number of fused-ring (bicyclic) bond motifs is 3. The Hall–Kier alpha value is -4.14. The lowest BCUT2D eigenvalue weighted by Crippen LogP contribution is -2.52. The van der Waals surface area contributed by atoms with E-state index in [1.807, 2.05) is 56.4 Å². The maximum atomic E-state index is 13.2. The van der Waals surface area contributed by atoms with Gasteiger partial charge in [-0.15, -0.1) is 0 Å². The average molecular weight is 488 g/mol. The van der Waals surface area contributed by atoms with Crippen molar-refractivity contribution in [2.24, 2.45) is 11.7 Å². The molecular formula is C27H29N5O4. The number of carbonyl (C=O) groups excluding carboxylic acids is 4. The Balaban J connectivity index is 1.35. The molecular weight excluding hydrogens is 458 g/mol. The Bertz CT molecular complexity index is 1410. The van der Waals surface area contributed by atoms with Gasteiger partial charge in [0.05, 0.1) is 12.1 Å². The number of amides is 4. The first kappa shape index (κ1) is 23.6. The second-order valence-electron chi connectivity index (χ2n) is 9.65. The molecule has 2 unspecified atom stereocenters. The van der Waals surface area contributed by atoms with Crippen LogP contribution in [0.5, 0.6) is 0 Å². The van der Waals surface area contributed by atoms with E-state index in [0.717, 1.165) is 39.0 Å². The van der Waals surface area contributed by atoms with Gasteiger partial charge in [-0.1, -0.05) is 18.2 Å². The van der Waals surface area contributed by atoms with E-state index in [9.17, 15) is 19.2 Å². The van der Waals surface area contributed by atoms with E-state index < -0.39 is 11.9 Å². The minimum Gasteiger partial charge on any atom is -0.388 e. The summed E-state index contributed by atoms with van der Waals surface area (Å²) in [5.74, 6) is -1.45. The molecule has 36 heavy (non-hydrogen) atoms. The van der Waals surface area contributed by atoms with Crippen LogP contribution in [0.25, 0.3) is 10.9 Å². The number of aryl methyl sites for hydroxylation is 1. The largest absolute Gasteiger partial charge is 0.388 e. The Kier molecular flexibility index (Phi) is 5.99. The van der Waals surface area contributed by atoms with E-state index in [2.05, 4.69) is 10.6 Å². The summed E-state index contributed by atoms with van der Waals surface area (Å²) in [7, 11) is 1.87. The maximum absolute atomic E-state index is 13.2. The highest BCUT2D eigenvalue weighted by atomic mass is 16.2. The van der Waals surface area contributed by atoms with E-state index in [-0.39, 0.29) is 30.2 Å². The van der Waals surface area contributed by atoms with Crippen LogP contribution in [-0.4, -0.2) is 46.3 Å². The Morgan fingerprint density at radius 2 is 1.83 bits per heavy atom. The van der Waals surface area contributed by atoms with Crippen LogP contribution in [-0.2, 0) is 33.8 Å². The molecule has 1 aromatic heterocycles. The average Bonchev–Trinajstić information content (AvgIpc) is 3.35. The van der Waals surface area contributed by atoms with Crippen molar-refractivity contribution in [3.8, 4) is 0 Å². The third-order valence-corrected chi connectivity index (χ3v) is 7.24. The predicted octanol–water partition coefficient (Wildman–Crippen LogP) is 2.47. The van der Waals surface area contributed by atoms with Crippen LogP contribution in [0.2, 0.25) is 0 Å². The molecule has 1 fully saturated rings. The molecule has 0 spiro atoms. The lowest BCUT2D eigenvalue weighted by molar-refractivity contribution is -0.136. The molecule has 0 radical (unpaired) electrons. The van der Waals surface area contributed by atoms with Gasteiger partial charge >= 0.3 is 6.03 Å². The quantitative estimate of drug-likeness (QED) is 0.442. The van der Waals surface area contributed by atoms with Crippen LogP contribution in [0.3, 0.4) is 0 Å². The van der Waals surface area contributed by atoms with Crippen molar-refractivity contribution in [1.82, 2.24) is 14.8 Å². The third-order valence-electron chi connectivity index (χ3n) is 7.24. The maximum Gasteiger partial charge on any atom is 0.329 e. The molecule has 4 amide bonds. The first-order valence-electron chi connectivity index (χ1n) is 12.1. The van der Waals surface area contributed by atoms with Gasteiger partial charge in [-0.2, -0.15) is 0 Å². The van der Waals surface area contributed by atoms with E-state index >= 15 is 0 Å². The monoisotopic (exact) mass is 487 g/mol. The summed E-state index contributed by atoms with van der Waals surface area (Å²) in [5, 5.41) is 6.39. The summed E-state index contributed by atoms with van der Waals surface area (Å²) in [6.07, 6.45) is 1.58. The van der Waals surface area contributed by atoms with Gasteiger partial charge in [0.2, 0.25) is 17.7 Å². The lowest BCUT2D eigenvalue weighted by atomic mass is 9.91. The standard InChI is InChI=1S/C27H29N5O4/c1-15-3-4-17(12-21(15)29-2)11-19(25(28)34)10-16-5-6-22-18(9-16)13-20-14-31(27(36)32(20)22)23-7-8-24(33)30-26(23)35/h3-6,9,12-13,19,23,29H,7-8,10-11,14H2,1-2H3,(H2,28,34)(H,30,33,35). The number of imide groups is 1. The molecule has 2 atom stereocenters. The number of piperidine rings is 1. The molecule has 2 aromatic carbocycles. The van der Waals surface area contributed by atoms with E-state index in [1.165, 1.54) is 4.90 Å². The Morgan fingerprint density at radius 3 is 2.53 bits per heavy atom. The number of aromatic nitrogens is 1. The molecule has 1 saturated heterocycles. The summed E-state index contributed by atoms with van der Waals surface area (Å²) < 4.78 is 1.62. The van der Waals surface area contributed by atoms with Gasteiger partial charge < -0.3 is 16.0 Å². The zero-order valence-electron chi connectivity index (χ0n) is 20.3. The molecule has 2 aliphatic rings. The fourth-order valence-electron chi connectivity index (χ4n) is 5.29. The second kappa shape index (κ2) is 9.14. The Morgan fingerprint density at radius 1 is 1.11 bits per heavy atom. The van der Waals surface area contributed by atoms with Crippen LogP contribution >= 0.6 is 0 Å². The third kappa shape index (κ3) is 4.21. The number of nitrogens with one attached hydrogen (secondary N) is 2. The fraction of sp³-hybridized carbons (Fsp3) is 0.333. The van der Waals surface area contributed by atoms with Crippen molar-refractivity contribution >= 4 is 40.3 Å². The molecule has 9 heteroatoms. The van der Waals surface area contributed by atoms with Crippen molar-refractivity contribution in [2.75, 3.05) is 12.4 Å². The molecule has 0 aliphatic carbocycles. The number of hydrogen-bond donors (Lipinski definition) is 3. The van der Waals surface area contributed by atoms with E-state index in [4.69, 9.17) is 5.73 Å². The zero-order chi connectivity index (χ0) is 25.6. The van der Waals surface area contributed by atoms with Gasteiger partial charge in [-0.25, -0.2) is 4.79 Å². The summed E-state index contributed by atoms with van der Waals surface area (Å²) >= 11 is 0. The van der Waals surface area contributed by atoms with Crippen molar-refractivity contribution in [2.45, 2.75) is 45.2 Å². The molecule has 9 nitrogen and oxygen atoms in total. The SMILES string of the molecule is CNc1cc(CC(Cc2ccc3c(c2)cc2n3C(=O)N(C3CCC(=O)NC3=O)C2)C(N)=O)ccc1C. The first-order valence-corrected chi connectivity index (χ1v) is 12.1. The smallest absolute Gasteiger partial charge is 0.329 e. The number of hydrogen-bond acceptors (Lipinski definition) is 5. The fourth-order valence-corrected chi connectivity index (χ4v) is 5.29. The summed E-state index contributed by atoms with van der Waals surface area (Å²) in [4.78, 5) is 50.8. The van der Waals surface area contributed by atoms with E-state index in [1.54, 1.807) is 4.57 Å². The minimum atomic E-state index is -0.647. The highest BCUT2D eigenvalue weighted by molar-refractivity contribution is 6.03. The Labute approximate surface area is 208 Å². The van der Waals surface area contributed by atoms with Crippen molar-refractivity contribution in [3.63, 3.8) is 0 Å². The van der Waals surface area contributed by atoms with Gasteiger partial charge in [0.15, 0.2) is 0 Å². The molecule has 0 bridgehead atoms. The molecule has 186 valence electrons. The normalized spacial score (nSPS) is 18.3. The van der Waals surface area contributed by atoms with Gasteiger partial charge in [0.25, 0.3) is 0 Å². The van der Waals surface area contributed by atoms with Gasteiger partial charge in [-0.05, 0) is 67.1 Å². The molecule has 3 heterocycles. The van der Waals surface area contributed by atoms with E-state index in [0.29, 0.717) is 25.8 Å². The van der Waals surface area contributed by atoms with Crippen molar-refractivity contribution in [1.29, 1.82) is 0 Å². The number of carbonyl (C=O) groups is 4. The van der Waals surface area contributed by atoms with Gasteiger partial charge in [-0.3, -0.25) is 24.3 Å². The highest BCUT2D eigenvalue weighted by Crippen LogP contribution is 2.31. The summed E-state index contributed by atoms with van der Waals surface area (Å²) in [5.41, 5.74) is 11.5. The number of rotatable bonds is 7. The molecule has 5 rings (SSSR count). The van der Waals surface area contributed by atoms with Crippen molar-refractivity contribution < 1.29 is 19.2 Å². The number of benzene rings is 2. The predicted molar refractivity (Wildman–Crippen MR) is 135 cm³/mol. The molecule has 4 N–H and O–H groups in total. The number of anilines is 1. The molecule has 0 saturated carbocycles. The van der Waals surface area contributed by atoms with Gasteiger partial charge in [0.1, 0.15) is 6.04 Å². The summed E-state index contributed by atoms with van der Waals surface area (Å²) in [6.45, 7) is 2.33. The zero-order valence-corrected chi connectivity index (χ0v) is 20.3. The number of primary amides is 1.